The van der Waals surface area contributed by atoms with Crippen LogP contribution < -0.4 is 11.2 Å². The molecule has 0 fully saturated rings. The lowest BCUT2D eigenvalue weighted by Gasteiger charge is -2.17. The van der Waals surface area contributed by atoms with Gasteiger partial charge < -0.3 is 10.7 Å². The first-order chi connectivity index (χ1) is 6.43. The van der Waals surface area contributed by atoms with Crippen LogP contribution in [0.25, 0.3) is 0 Å². The lowest BCUT2D eigenvalue weighted by molar-refractivity contribution is 0.507. The SMILES string of the molecule is Cc1cc(=O)c([C@H](N)C(C)C)c(C)[nH]1. The molecule has 1 heterocycles. The fourth-order valence-corrected chi connectivity index (χ4v) is 1.61. The maximum atomic E-state index is 11.7. The average Bonchev–Trinajstić information content (AvgIpc) is 2.01. The fraction of sp³-hybridized carbons (Fsp3) is 0.545. The predicted molar refractivity (Wildman–Crippen MR) is 58.3 cm³/mol. The van der Waals surface area contributed by atoms with Crippen molar-refractivity contribution in [1.82, 2.24) is 4.98 Å². The Balaban J connectivity index is 3.28. The molecule has 0 aliphatic heterocycles. The van der Waals surface area contributed by atoms with Gasteiger partial charge in [-0.25, -0.2) is 0 Å². The van der Waals surface area contributed by atoms with E-state index in [1.165, 1.54) is 0 Å². The minimum absolute atomic E-state index is 0.0416. The van der Waals surface area contributed by atoms with E-state index in [1.807, 2.05) is 27.7 Å². The summed E-state index contributed by atoms with van der Waals surface area (Å²) in [4.78, 5) is 14.8. The van der Waals surface area contributed by atoms with Crippen LogP contribution >= 0.6 is 0 Å². The van der Waals surface area contributed by atoms with Gasteiger partial charge in [-0.1, -0.05) is 13.8 Å². The number of H-pyrrole nitrogens is 1. The molecule has 0 spiro atoms. The molecule has 3 heteroatoms. The van der Waals surface area contributed by atoms with Gasteiger partial charge in [-0.05, 0) is 19.8 Å². The van der Waals surface area contributed by atoms with Crippen LogP contribution in [0.15, 0.2) is 10.9 Å². The first-order valence-corrected chi connectivity index (χ1v) is 4.89. The van der Waals surface area contributed by atoms with Crippen molar-refractivity contribution in [3.63, 3.8) is 0 Å². The summed E-state index contributed by atoms with van der Waals surface area (Å²) < 4.78 is 0. The summed E-state index contributed by atoms with van der Waals surface area (Å²) in [5, 5.41) is 0. The lowest BCUT2D eigenvalue weighted by atomic mass is 9.95. The van der Waals surface area contributed by atoms with Crippen molar-refractivity contribution < 1.29 is 0 Å². The molecular formula is C11H18N2O. The first kappa shape index (κ1) is 11.0. The molecule has 0 aliphatic carbocycles. The smallest absolute Gasteiger partial charge is 0.186 e. The standard InChI is InChI=1S/C11H18N2O/c1-6(2)11(12)10-8(4)13-7(3)5-9(10)14/h5-6,11H,12H2,1-4H3,(H,13,14)/t11-/m1/s1. The highest BCUT2D eigenvalue weighted by Gasteiger charge is 2.16. The van der Waals surface area contributed by atoms with E-state index in [4.69, 9.17) is 5.73 Å². The summed E-state index contributed by atoms with van der Waals surface area (Å²) in [6, 6.07) is 1.42. The summed E-state index contributed by atoms with van der Waals surface area (Å²) in [5.74, 6) is 0.275. The van der Waals surface area contributed by atoms with Crippen LogP contribution in [0.4, 0.5) is 0 Å². The largest absolute Gasteiger partial charge is 0.362 e. The Morgan fingerprint density at radius 2 is 1.93 bits per heavy atom. The van der Waals surface area contributed by atoms with Crippen molar-refractivity contribution in [2.45, 2.75) is 33.7 Å². The second-order valence-corrected chi connectivity index (χ2v) is 4.13. The number of aryl methyl sites for hydroxylation is 2. The van der Waals surface area contributed by atoms with Gasteiger partial charge in [0.15, 0.2) is 5.43 Å². The van der Waals surface area contributed by atoms with E-state index < -0.39 is 0 Å². The minimum atomic E-state index is -0.181. The number of nitrogens with two attached hydrogens (primary N) is 1. The maximum Gasteiger partial charge on any atom is 0.186 e. The molecule has 0 unspecified atom stereocenters. The van der Waals surface area contributed by atoms with Gasteiger partial charge in [0.05, 0.1) is 0 Å². The van der Waals surface area contributed by atoms with Gasteiger partial charge in [0.2, 0.25) is 0 Å². The lowest BCUT2D eigenvalue weighted by Crippen LogP contribution is -2.26. The molecule has 1 aromatic rings. The van der Waals surface area contributed by atoms with Crippen molar-refractivity contribution in [3.05, 3.63) is 33.2 Å². The van der Waals surface area contributed by atoms with Crippen molar-refractivity contribution in [2.24, 2.45) is 11.7 Å². The van der Waals surface area contributed by atoms with E-state index in [1.54, 1.807) is 6.07 Å². The summed E-state index contributed by atoms with van der Waals surface area (Å²) in [5.41, 5.74) is 8.49. The Labute approximate surface area is 84.3 Å². The van der Waals surface area contributed by atoms with Crippen molar-refractivity contribution in [2.75, 3.05) is 0 Å². The Kier molecular flexibility index (Phi) is 3.11. The molecule has 78 valence electrons. The number of pyridine rings is 1. The quantitative estimate of drug-likeness (QED) is 0.752. The molecule has 1 atom stereocenters. The Morgan fingerprint density at radius 1 is 1.36 bits per heavy atom. The topological polar surface area (TPSA) is 58.9 Å². The summed E-state index contributed by atoms with van der Waals surface area (Å²) >= 11 is 0. The molecule has 0 saturated heterocycles. The van der Waals surface area contributed by atoms with Gasteiger partial charge >= 0.3 is 0 Å². The molecular weight excluding hydrogens is 176 g/mol. The zero-order chi connectivity index (χ0) is 10.9. The molecule has 0 aromatic carbocycles. The van der Waals surface area contributed by atoms with Gasteiger partial charge in [0.1, 0.15) is 0 Å². The monoisotopic (exact) mass is 194 g/mol. The number of hydrogen-bond acceptors (Lipinski definition) is 2. The average molecular weight is 194 g/mol. The van der Waals surface area contributed by atoms with E-state index in [9.17, 15) is 4.79 Å². The van der Waals surface area contributed by atoms with Crippen molar-refractivity contribution in [3.8, 4) is 0 Å². The third-order valence-corrected chi connectivity index (χ3v) is 2.45. The zero-order valence-corrected chi connectivity index (χ0v) is 9.22. The van der Waals surface area contributed by atoms with Crippen molar-refractivity contribution >= 4 is 0 Å². The van der Waals surface area contributed by atoms with Crippen LogP contribution in [0.2, 0.25) is 0 Å². The van der Waals surface area contributed by atoms with Crippen LogP contribution in [0.3, 0.4) is 0 Å². The molecule has 3 nitrogen and oxygen atoms in total. The van der Waals surface area contributed by atoms with E-state index in [-0.39, 0.29) is 17.4 Å². The van der Waals surface area contributed by atoms with E-state index in [2.05, 4.69) is 4.98 Å². The summed E-state index contributed by atoms with van der Waals surface area (Å²) in [6.45, 7) is 7.80. The Bertz CT molecular complexity index is 379. The van der Waals surface area contributed by atoms with Gasteiger partial charge in [0, 0.05) is 29.1 Å². The van der Waals surface area contributed by atoms with Gasteiger partial charge in [-0.2, -0.15) is 0 Å². The highest BCUT2D eigenvalue weighted by molar-refractivity contribution is 5.25. The second-order valence-electron chi connectivity index (χ2n) is 4.13. The van der Waals surface area contributed by atoms with Crippen LogP contribution in [-0.4, -0.2) is 4.98 Å². The Hall–Kier alpha value is -1.09. The van der Waals surface area contributed by atoms with Gasteiger partial charge in [-0.3, -0.25) is 4.79 Å². The molecule has 0 amide bonds. The van der Waals surface area contributed by atoms with E-state index in [0.29, 0.717) is 5.56 Å². The molecule has 1 rings (SSSR count). The number of hydrogen-bond donors (Lipinski definition) is 2. The third kappa shape index (κ3) is 2.04. The molecule has 1 aromatic heterocycles. The van der Waals surface area contributed by atoms with Crippen LogP contribution in [0.5, 0.6) is 0 Å². The predicted octanol–water partition coefficient (Wildman–Crippen LogP) is 1.65. The highest BCUT2D eigenvalue weighted by atomic mass is 16.1. The molecule has 0 saturated carbocycles. The fourth-order valence-electron chi connectivity index (χ4n) is 1.61. The van der Waals surface area contributed by atoms with Gasteiger partial charge in [0.25, 0.3) is 0 Å². The van der Waals surface area contributed by atoms with Crippen LogP contribution in [0.1, 0.15) is 36.8 Å². The van der Waals surface area contributed by atoms with E-state index >= 15 is 0 Å². The molecule has 0 aliphatic rings. The Morgan fingerprint density at radius 3 is 2.36 bits per heavy atom. The molecule has 0 radical (unpaired) electrons. The molecule has 0 bridgehead atoms. The molecule has 3 N–H and O–H groups in total. The molecule has 14 heavy (non-hydrogen) atoms. The number of nitrogens with one attached hydrogen (secondary N) is 1. The highest BCUT2D eigenvalue weighted by Crippen LogP contribution is 2.17. The van der Waals surface area contributed by atoms with Crippen LogP contribution in [-0.2, 0) is 0 Å². The number of rotatable bonds is 2. The summed E-state index contributed by atoms with van der Waals surface area (Å²) in [7, 11) is 0. The number of aromatic nitrogens is 1. The maximum absolute atomic E-state index is 11.7. The third-order valence-electron chi connectivity index (χ3n) is 2.45. The number of aromatic amines is 1. The van der Waals surface area contributed by atoms with Crippen LogP contribution in [0, 0.1) is 19.8 Å². The normalized spacial score (nSPS) is 13.3. The van der Waals surface area contributed by atoms with Crippen molar-refractivity contribution in [1.29, 1.82) is 0 Å². The second kappa shape index (κ2) is 3.96. The summed E-state index contributed by atoms with van der Waals surface area (Å²) in [6.07, 6.45) is 0. The van der Waals surface area contributed by atoms with E-state index in [0.717, 1.165) is 11.4 Å². The van der Waals surface area contributed by atoms with Gasteiger partial charge in [-0.15, -0.1) is 0 Å². The first-order valence-electron chi connectivity index (χ1n) is 4.89. The zero-order valence-electron chi connectivity index (χ0n) is 9.22. The minimum Gasteiger partial charge on any atom is -0.362 e.